The van der Waals surface area contributed by atoms with Gasteiger partial charge in [-0.25, -0.2) is 14.8 Å². The molecule has 0 spiro atoms. The smallest absolute Gasteiger partial charge is 0.358 e. The first-order valence-corrected chi connectivity index (χ1v) is 9.51. The first-order valence-electron chi connectivity index (χ1n) is 7.75. The lowest BCUT2D eigenvalue weighted by molar-refractivity contribution is 0.0462. The molecule has 8 heteroatoms. The predicted octanol–water partition coefficient (Wildman–Crippen LogP) is 3.54. The van der Waals surface area contributed by atoms with Gasteiger partial charge in [-0.2, -0.15) is 0 Å². The molecule has 0 bridgehead atoms. The van der Waals surface area contributed by atoms with Gasteiger partial charge in [-0.1, -0.05) is 29.8 Å². The van der Waals surface area contributed by atoms with Crippen LogP contribution < -0.4 is 5.56 Å². The summed E-state index contributed by atoms with van der Waals surface area (Å²) in [4.78, 5) is 33.4. The minimum atomic E-state index is -0.534. The topological polar surface area (TPSA) is 73.6 Å². The summed E-state index contributed by atoms with van der Waals surface area (Å²) in [6.07, 6.45) is 1.66. The number of benzene rings is 1. The number of esters is 1. The van der Waals surface area contributed by atoms with Gasteiger partial charge in [0, 0.05) is 28.6 Å². The van der Waals surface area contributed by atoms with Gasteiger partial charge in [0.1, 0.15) is 11.6 Å². The Morgan fingerprint density at radius 3 is 2.81 bits per heavy atom. The van der Waals surface area contributed by atoms with E-state index in [0.29, 0.717) is 10.7 Å². The van der Waals surface area contributed by atoms with E-state index in [0.717, 1.165) is 16.1 Å². The fraction of sp³-hybridized carbons (Fsp3) is 0.111. The van der Waals surface area contributed by atoms with E-state index in [9.17, 15) is 9.59 Å². The van der Waals surface area contributed by atoms with Gasteiger partial charge < -0.3 is 4.74 Å². The molecule has 3 aromatic heterocycles. The minimum Gasteiger partial charge on any atom is -0.454 e. The molecule has 0 radical (unpaired) electrons. The molecular formula is C18H13N3O3S2. The van der Waals surface area contributed by atoms with Gasteiger partial charge in [0.05, 0.1) is 5.69 Å². The molecule has 1 aromatic carbocycles. The van der Waals surface area contributed by atoms with Crippen molar-refractivity contribution in [1.82, 2.24) is 14.4 Å². The quantitative estimate of drug-likeness (QED) is 0.504. The van der Waals surface area contributed by atoms with Crippen molar-refractivity contribution in [2.45, 2.75) is 13.5 Å². The van der Waals surface area contributed by atoms with E-state index in [4.69, 9.17) is 4.74 Å². The number of hydrogen-bond donors (Lipinski definition) is 0. The number of hydrogen-bond acceptors (Lipinski definition) is 7. The van der Waals surface area contributed by atoms with E-state index in [1.807, 2.05) is 31.2 Å². The Hall–Kier alpha value is -2.84. The summed E-state index contributed by atoms with van der Waals surface area (Å²) in [6, 6.07) is 9.30. The van der Waals surface area contributed by atoms with Gasteiger partial charge in [-0.15, -0.1) is 22.7 Å². The molecule has 0 aliphatic heterocycles. The summed E-state index contributed by atoms with van der Waals surface area (Å²) >= 11 is 2.73. The van der Waals surface area contributed by atoms with E-state index >= 15 is 0 Å². The number of ether oxygens (including phenoxy) is 1. The number of aryl methyl sites for hydroxylation is 1. The molecule has 3 heterocycles. The van der Waals surface area contributed by atoms with Gasteiger partial charge in [0.15, 0.2) is 10.7 Å². The van der Waals surface area contributed by atoms with E-state index in [2.05, 4.69) is 9.97 Å². The van der Waals surface area contributed by atoms with Crippen LogP contribution in [0.1, 0.15) is 21.7 Å². The monoisotopic (exact) mass is 383 g/mol. The van der Waals surface area contributed by atoms with Crippen LogP contribution in [0.4, 0.5) is 0 Å². The number of nitrogens with zero attached hydrogens (tertiary/aromatic N) is 3. The zero-order chi connectivity index (χ0) is 18.1. The zero-order valence-corrected chi connectivity index (χ0v) is 15.3. The van der Waals surface area contributed by atoms with Crippen LogP contribution in [0.25, 0.3) is 15.5 Å². The third kappa shape index (κ3) is 3.29. The second-order valence-electron chi connectivity index (χ2n) is 5.62. The Morgan fingerprint density at radius 1 is 1.19 bits per heavy atom. The van der Waals surface area contributed by atoms with Gasteiger partial charge in [-0.3, -0.25) is 9.20 Å². The van der Waals surface area contributed by atoms with E-state index in [1.165, 1.54) is 33.1 Å². The van der Waals surface area contributed by atoms with E-state index in [1.54, 1.807) is 17.0 Å². The maximum absolute atomic E-state index is 12.2. The summed E-state index contributed by atoms with van der Waals surface area (Å²) in [6.45, 7) is 1.95. The number of carbonyl (C=O) groups excluding carboxylic acids is 1. The molecule has 0 saturated carbocycles. The molecular weight excluding hydrogens is 370 g/mol. The average molecular weight is 383 g/mol. The summed E-state index contributed by atoms with van der Waals surface area (Å²) in [5.41, 5.74) is 2.59. The van der Waals surface area contributed by atoms with Crippen LogP contribution >= 0.6 is 22.7 Å². The molecule has 0 atom stereocenters. The number of thiazole rings is 2. The SMILES string of the molecule is Cc1ccc(-c2nc(C(=O)OCc3cc(=O)n4ccsc4n3)cs2)cc1. The highest BCUT2D eigenvalue weighted by molar-refractivity contribution is 7.15. The van der Waals surface area contributed by atoms with Gasteiger partial charge in [-0.05, 0) is 6.92 Å². The third-order valence-electron chi connectivity index (χ3n) is 3.72. The van der Waals surface area contributed by atoms with Crippen LogP contribution in [0.5, 0.6) is 0 Å². The molecule has 0 unspecified atom stereocenters. The fourth-order valence-corrected chi connectivity index (χ4v) is 3.91. The molecule has 4 aromatic rings. The Morgan fingerprint density at radius 2 is 2.00 bits per heavy atom. The first kappa shape index (κ1) is 16.6. The standard InChI is InChI=1S/C18H13N3O3S2/c1-11-2-4-12(5-3-11)16-20-14(10-26-16)17(23)24-9-13-8-15(22)21-6-7-25-18(21)19-13/h2-8,10H,9H2,1H3. The lowest BCUT2D eigenvalue weighted by Crippen LogP contribution is -2.14. The van der Waals surface area contributed by atoms with Gasteiger partial charge in [0.2, 0.25) is 0 Å². The van der Waals surface area contributed by atoms with Crippen molar-refractivity contribution in [2.24, 2.45) is 0 Å². The van der Waals surface area contributed by atoms with Gasteiger partial charge in [0.25, 0.3) is 5.56 Å². The van der Waals surface area contributed by atoms with Crippen molar-refractivity contribution in [3.63, 3.8) is 0 Å². The molecule has 6 nitrogen and oxygen atoms in total. The van der Waals surface area contributed by atoms with Crippen LogP contribution in [0.2, 0.25) is 0 Å². The van der Waals surface area contributed by atoms with Crippen molar-refractivity contribution >= 4 is 33.6 Å². The second kappa shape index (κ2) is 6.81. The van der Waals surface area contributed by atoms with Crippen LogP contribution in [0.15, 0.2) is 52.1 Å². The number of rotatable bonds is 4. The Kier molecular flexibility index (Phi) is 4.36. The molecule has 0 fully saturated rings. The normalized spacial score (nSPS) is 11.0. The predicted molar refractivity (Wildman–Crippen MR) is 101 cm³/mol. The second-order valence-corrected chi connectivity index (χ2v) is 7.35. The summed E-state index contributed by atoms with van der Waals surface area (Å²) < 4.78 is 6.71. The largest absolute Gasteiger partial charge is 0.454 e. The zero-order valence-electron chi connectivity index (χ0n) is 13.7. The number of fused-ring (bicyclic) bond motifs is 1. The number of carbonyl (C=O) groups is 1. The summed E-state index contributed by atoms with van der Waals surface area (Å²) in [7, 11) is 0. The Bertz CT molecular complexity index is 1140. The molecule has 0 saturated heterocycles. The maximum atomic E-state index is 12.2. The van der Waals surface area contributed by atoms with Crippen molar-refractivity contribution in [2.75, 3.05) is 0 Å². The molecule has 26 heavy (non-hydrogen) atoms. The summed E-state index contributed by atoms with van der Waals surface area (Å²) in [5.74, 6) is -0.534. The van der Waals surface area contributed by atoms with Gasteiger partial charge >= 0.3 is 5.97 Å². The summed E-state index contributed by atoms with van der Waals surface area (Å²) in [5, 5.41) is 4.21. The van der Waals surface area contributed by atoms with Crippen LogP contribution in [0, 0.1) is 6.92 Å². The third-order valence-corrected chi connectivity index (χ3v) is 5.37. The average Bonchev–Trinajstić information content (AvgIpc) is 3.30. The van der Waals surface area contributed by atoms with Crippen LogP contribution in [-0.4, -0.2) is 20.3 Å². The molecule has 130 valence electrons. The molecule has 0 N–H and O–H groups in total. The number of aromatic nitrogens is 3. The van der Waals surface area contributed by atoms with Crippen molar-refractivity contribution in [3.8, 4) is 10.6 Å². The lowest BCUT2D eigenvalue weighted by Gasteiger charge is -2.02. The lowest BCUT2D eigenvalue weighted by atomic mass is 10.2. The Balaban J connectivity index is 1.48. The van der Waals surface area contributed by atoms with Crippen molar-refractivity contribution < 1.29 is 9.53 Å². The maximum Gasteiger partial charge on any atom is 0.358 e. The van der Waals surface area contributed by atoms with Crippen molar-refractivity contribution in [3.05, 3.63) is 74.6 Å². The van der Waals surface area contributed by atoms with Crippen molar-refractivity contribution in [1.29, 1.82) is 0 Å². The van der Waals surface area contributed by atoms with E-state index < -0.39 is 5.97 Å². The molecule has 0 amide bonds. The van der Waals surface area contributed by atoms with E-state index in [-0.39, 0.29) is 17.9 Å². The first-order chi connectivity index (χ1) is 12.6. The highest BCUT2D eigenvalue weighted by Gasteiger charge is 2.14. The minimum absolute atomic E-state index is 0.0696. The highest BCUT2D eigenvalue weighted by Crippen LogP contribution is 2.24. The highest BCUT2D eigenvalue weighted by atomic mass is 32.1. The fourth-order valence-electron chi connectivity index (χ4n) is 2.37. The molecule has 0 aliphatic carbocycles. The molecule has 4 rings (SSSR count). The molecule has 0 aliphatic rings. The van der Waals surface area contributed by atoms with Crippen LogP contribution in [0.3, 0.4) is 0 Å². The van der Waals surface area contributed by atoms with Crippen LogP contribution in [-0.2, 0) is 11.3 Å². The Labute approximate surface area is 156 Å².